The first-order valence-corrected chi connectivity index (χ1v) is 7.20. The Kier molecular flexibility index (Phi) is 4.17. The molecule has 1 atom stereocenters. The lowest BCUT2D eigenvalue weighted by molar-refractivity contribution is 0.0940. The van der Waals surface area contributed by atoms with Gasteiger partial charge >= 0.3 is 0 Å². The van der Waals surface area contributed by atoms with E-state index in [0.717, 1.165) is 19.4 Å². The molecule has 0 bridgehead atoms. The fraction of sp³-hybridized carbons (Fsp3) is 0.312. The summed E-state index contributed by atoms with van der Waals surface area (Å²) in [5.41, 5.74) is 1.54. The zero-order valence-corrected chi connectivity index (χ0v) is 12.0. The summed E-state index contributed by atoms with van der Waals surface area (Å²) in [5, 5.41) is 15.9. The number of carbonyl (C=O) groups is 1. The minimum absolute atomic E-state index is 0.204. The second kappa shape index (κ2) is 6.41. The highest BCUT2D eigenvalue weighted by atomic mass is 16.5. The van der Waals surface area contributed by atoms with Gasteiger partial charge in [-0.3, -0.25) is 9.48 Å². The molecule has 0 aliphatic carbocycles. The smallest absolute Gasteiger partial charge is 0.255 e. The quantitative estimate of drug-likeness (QED) is 0.937. The largest absolute Gasteiger partial charge is 0.376 e. The van der Waals surface area contributed by atoms with Gasteiger partial charge in [0.1, 0.15) is 0 Å². The highest BCUT2D eigenvalue weighted by molar-refractivity contribution is 6.04. The molecule has 1 aliphatic heterocycles. The van der Waals surface area contributed by atoms with Crippen LogP contribution in [0.2, 0.25) is 0 Å². The molecule has 0 spiro atoms. The lowest BCUT2D eigenvalue weighted by Gasteiger charge is -2.08. The third-order valence-electron chi connectivity index (χ3n) is 3.56. The number of hydrogen-bond donors (Lipinski definition) is 1. The number of anilines is 1. The van der Waals surface area contributed by atoms with Gasteiger partial charge in [0.05, 0.1) is 36.2 Å². The van der Waals surface area contributed by atoms with Gasteiger partial charge in [-0.2, -0.15) is 10.4 Å². The maximum atomic E-state index is 12.2. The van der Waals surface area contributed by atoms with Crippen LogP contribution < -0.4 is 5.32 Å². The topological polar surface area (TPSA) is 79.9 Å². The zero-order valence-electron chi connectivity index (χ0n) is 12.0. The summed E-state index contributed by atoms with van der Waals surface area (Å²) in [7, 11) is 0. The maximum absolute atomic E-state index is 12.2. The second-order valence-electron chi connectivity index (χ2n) is 5.23. The van der Waals surface area contributed by atoms with Gasteiger partial charge in [-0.05, 0) is 31.0 Å². The Morgan fingerprint density at radius 2 is 2.45 bits per heavy atom. The molecule has 6 heteroatoms. The Balaban J connectivity index is 1.64. The first-order chi connectivity index (χ1) is 10.7. The predicted octanol–water partition coefficient (Wildman–Crippen LogP) is 2.19. The second-order valence-corrected chi connectivity index (χ2v) is 5.23. The Bertz CT molecular complexity index is 711. The molecule has 112 valence electrons. The van der Waals surface area contributed by atoms with E-state index in [1.54, 1.807) is 41.3 Å². The molecule has 1 aliphatic rings. The van der Waals surface area contributed by atoms with E-state index in [0.29, 0.717) is 23.4 Å². The van der Waals surface area contributed by atoms with Crippen molar-refractivity contribution in [3.8, 4) is 6.07 Å². The van der Waals surface area contributed by atoms with Crippen molar-refractivity contribution >= 4 is 11.6 Å². The number of carbonyl (C=O) groups excluding carboxylic acids is 1. The number of nitrogens with zero attached hydrogens (tertiary/aromatic N) is 3. The number of hydrogen-bond acceptors (Lipinski definition) is 4. The van der Waals surface area contributed by atoms with Gasteiger partial charge in [0, 0.05) is 18.4 Å². The third-order valence-corrected chi connectivity index (χ3v) is 3.56. The monoisotopic (exact) mass is 296 g/mol. The van der Waals surface area contributed by atoms with Gasteiger partial charge in [-0.25, -0.2) is 0 Å². The molecule has 1 aromatic heterocycles. The van der Waals surface area contributed by atoms with E-state index in [4.69, 9.17) is 10.00 Å². The minimum atomic E-state index is -0.256. The van der Waals surface area contributed by atoms with Crippen molar-refractivity contribution in [2.24, 2.45) is 0 Å². The van der Waals surface area contributed by atoms with E-state index in [-0.39, 0.29) is 12.0 Å². The molecule has 22 heavy (non-hydrogen) atoms. The van der Waals surface area contributed by atoms with Crippen LogP contribution >= 0.6 is 0 Å². The summed E-state index contributed by atoms with van der Waals surface area (Å²) in [6.45, 7) is 1.50. The summed E-state index contributed by atoms with van der Waals surface area (Å²) >= 11 is 0. The molecule has 0 radical (unpaired) electrons. The Labute approximate surface area is 128 Å². The van der Waals surface area contributed by atoms with Gasteiger partial charge in [0.2, 0.25) is 0 Å². The zero-order chi connectivity index (χ0) is 15.4. The van der Waals surface area contributed by atoms with E-state index in [9.17, 15) is 4.79 Å². The maximum Gasteiger partial charge on any atom is 0.255 e. The minimum Gasteiger partial charge on any atom is -0.376 e. The summed E-state index contributed by atoms with van der Waals surface area (Å²) in [4.78, 5) is 12.2. The highest BCUT2D eigenvalue weighted by Gasteiger charge is 2.16. The molecule has 1 amide bonds. The molecule has 2 aromatic rings. The average Bonchev–Trinajstić information content (AvgIpc) is 3.20. The van der Waals surface area contributed by atoms with Gasteiger partial charge in [-0.15, -0.1) is 0 Å². The van der Waals surface area contributed by atoms with Crippen LogP contribution in [0.5, 0.6) is 0 Å². The number of nitriles is 1. The Morgan fingerprint density at radius 3 is 3.23 bits per heavy atom. The van der Waals surface area contributed by atoms with E-state index >= 15 is 0 Å². The molecule has 2 heterocycles. The van der Waals surface area contributed by atoms with E-state index in [1.807, 2.05) is 6.07 Å². The first kappa shape index (κ1) is 14.3. The molecule has 3 rings (SSSR count). The molecule has 1 N–H and O–H groups in total. The van der Waals surface area contributed by atoms with Gasteiger partial charge < -0.3 is 10.1 Å². The van der Waals surface area contributed by atoms with E-state index in [2.05, 4.69) is 10.4 Å². The molecular formula is C16H16N4O2. The molecule has 1 unspecified atom stereocenters. The molecule has 0 saturated carbocycles. The lowest BCUT2D eigenvalue weighted by atomic mass is 10.1. The molecule has 6 nitrogen and oxygen atoms in total. The lowest BCUT2D eigenvalue weighted by Crippen LogP contribution is -2.15. The summed E-state index contributed by atoms with van der Waals surface area (Å²) < 4.78 is 7.34. The van der Waals surface area contributed by atoms with Crippen LogP contribution in [-0.2, 0) is 11.3 Å². The first-order valence-electron chi connectivity index (χ1n) is 7.20. The van der Waals surface area contributed by atoms with Crippen LogP contribution in [0.4, 0.5) is 5.69 Å². The van der Waals surface area contributed by atoms with E-state index < -0.39 is 0 Å². The summed E-state index contributed by atoms with van der Waals surface area (Å²) in [6, 6.07) is 8.61. The average molecular weight is 296 g/mol. The number of amides is 1. The van der Waals surface area contributed by atoms with Crippen LogP contribution in [0.25, 0.3) is 0 Å². The van der Waals surface area contributed by atoms with Gasteiger partial charge in [-0.1, -0.05) is 6.07 Å². The summed E-state index contributed by atoms with van der Waals surface area (Å²) in [5.74, 6) is -0.256. The number of benzene rings is 1. The van der Waals surface area contributed by atoms with Crippen LogP contribution in [0.3, 0.4) is 0 Å². The standard InChI is InChI=1S/C16H16N4O2/c17-8-12-3-1-4-13(7-12)16(21)19-14-9-18-20(10-14)11-15-5-2-6-22-15/h1,3-4,7,9-10,15H,2,5-6,11H2,(H,19,21). The molecule has 1 fully saturated rings. The molecule has 1 saturated heterocycles. The molecule has 1 aromatic carbocycles. The van der Waals surface area contributed by atoms with Crippen LogP contribution in [0.15, 0.2) is 36.7 Å². The fourth-order valence-electron chi connectivity index (χ4n) is 2.46. The van der Waals surface area contributed by atoms with Crippen molar-refractivity contribution in [2.75, 3.05) is 11.9 Å². The van der Waals surface area contributed by atoms with Crippen molar-refractivity contribution in [2.45, 2.75) is 25.5 Å². The van der Waals surface area contributed by atoms with Gasteiger partial charge in [0.25, 0.3) is 5.91 Å². The Hall–Kier alpha value is -2.65. The predicted molar refractivity (Wildman–Crippen MR) is 80.3 cm³/mol. The van der Waals surface area contributed by atoms with Crippen LogP contribution in [0.1, 0.15) is 28.8 Å². The number of ether oxygens (including phenoxy) is 1. The van der Waals surface area contributed by atoms with Crippen molar-refractivity contribution in [1.29, 1.82) is 5.26 Å². The van der Waals surface area contributed by atoms with Crippen molar-refractivity contribution in [3.05, 3.63) is 47.8 Å². The van der Waals surface area contributed by atoms with Gasteiger partial charge in [0.15, 0.2) is 0 Å². The number of rotatable bonds is 4. The normalized spacial score (nSPS) is 17.1. The van der Waals surface area contributed by atoms with Crippen molar-refractivity contribution in [1.82, 2.24) is 9.78 Å². The fourth-order valence-corrected chi connectivity index (χ4v) is 2.46. The third kappa shape index (κ3) is 3.32. The number of nitrogens with one attached hydrogen (secondary N) is 1. The van der Waals surface area contributed by atoms with Crippen LogP contribution in [-0.4, -0.2) is 28.4 Å². The summed E-state index contributed by atoms with van der Waals surface area (Å²) in [6.07, 6.45) is 5.73. The highest BCUT2D eigenvalue weighted by Crippen LogP contribution is 2.15. The SMILES string of the molecule is N#Cc1cccc(C(=O)Nc2cnn(CC3CCCO3)c2)c1. The molecular weight excluding hydrogens is 280 g/mol. The van der Waals surface area contributed by atoms with Crippen LogP contribution in [0, 0.1) is 11.3 Å². The number of aromatic nitrogens is 2. The van der Waals surface area contributed by atoms with E-state index in [1.165, 1.54) is 0 Å². The van der Waals surface area contributed by atoms with Crippen molar-refractivity contribution < 1.29 is 9.53 Å². The Morgan fingerprint density at radius 1 is 1.55 bits per heavy atom. The van der Waals surface area contributed by atoms with Crippen molar-refractivity contribution in [3.63, 3.8) is 0 Å².